The van der Waals surface area contributed by atoms with Crippen LogP contribution in [0.15, 0.2) is 42.0 Å². The van der Waals surface area contributed by atoms with E-state index >= 15 is 0 Å². The molecule has 2 aromatic heterocycles. The molecule has 1 aliphatic rings. The van der Waals surface area contributed by atoms with Gasteiger partial charge >= 0.3 is 0 Å². The second-order valence-electron chi connectivity index (χ2n) is 5.84. The van der Waals surface area contributed by atoms with Crippen LogP contribution in [-0.4, -0.2) is 31.2 Å². The Labute approximate surface area is 139 Å². The zero-order valence-electron chi connectivity index (χ0n) is 13.1. The second kappa shape index (κ2) is 6.22. The van der Waals surface area contributed by atoms with Gasteiger partial charge in [0.1, 0.15) is 12.2 Å². The number of aryl methyl sites for hydroxylation is 1. The monoisotopic (exact) mass is 325 g/mol. The quantitative estimate of drug-likeness (QED) is 0.738. The fraction of sp³-hybridized carbons (Fsp3) is 0.353. The molecule has 1 fully saturated rings. The average molecular weight is 325 g/mol. The Bertz CT molecular complexity index is 779. The van der Waals surface area contributed by atoms with Gasteiger partial charge in [0.2, 0.25) is 0 Å². The van der Waals surface area contributed by atoms with E-state index < -0.39 is 0 Å². The first-order valence-corrected chi connectivity index (χ1v) is 8.79. The van der Waals surface area contributed by atoms with Gasteiger partial charge in [-0.1, -0.05) is 18.2 Å². The molecule has 6 heteroatoms. The van der Waals surface area contributed by atoms with Crippen LogP contribution in [-0.2, 0) is 6.54 Å². The number of nitrogens with zero attached hydrogens (tertiary/aromatic N) is 5. The maximum atomic E-state index is 4.69. The molecule has 5 nitrogen and oxygen atoms in total. The summed E-state index contributed by atoms with van der Waals surface area (Å²) in [6.07, 6.45) is 4.02. The van der Waals surface area contributed by atoms with E-state index in [1.54, 1.807) is 17.7 Å². The summed E-state index contributed by atoms with van der Waals surface area (Å²) in [5.74, 6) is 0.982. The first-order chi connectivity index (χ1) is 11.3. The van der Waals surface area contributed by atoms with Gasteiger partial charge in [0.25, 0.3) is 0 Å². The molecule has 3 aromatic rings. The maximum absolute atomic E-state index is 4.69. The average Bonchev–Trinajstić information content (AvgIpc) is 3.29. The third-order valence-corrected chi connectivity index (χ3v) is 5.10. The highest BCUT2D eigenvalue weighted by Gasteiger charge is 2.29. The van der Waals surface area contributed by atoms with Crippen LogP contribution in [0.1, 0.15) is 35.4 Å². The SMILES string of the molecule is Cc1nc([C@H]2CCCN2Cc2ncnn2-c2ccccc2)cs1. The zero-order valence-corrected chi connectivity index (χ0v) is 13.9. The van der Waals surface area contributed by atoms with Crippen LogP contribution in [0, 0.1) is 6.92 Å². The van der Waals surface area contributed by atoms with Crippen molar-refractivity contribution in [3.05, 3.63) is 58.6 Å². The van der Waals surface area contributed by atoms with Crippen molar-refractivity contribution in [2.75, 3.05) is 6.54 Å². The minimum absolute atomic E-state index is 0.404. The molecule has 4 rings (SSSR count). The van der Waals surface area contributed by atoms with Crippen LogP contribution in [0.3, 0.4) is 0 Å². The van der Waals surface area contributed by atoms with Crippen molar-refractivity contribution >= 4 is 11.3 Å². The third kappa shape index (κ3) is 2.92. The van der Waals surface area contributed by atoms with E-state index in [1.165, 1.54) is 18.5 Å². The first kappa shape index (κ1) is 14.5. The Morgan fingerprint density at radius 1 is 1.26 bits per heavy atom. The van der Waals surface area contributed by atoms with E-state index in [1.807, 2.05) is 22.9 Å². The summed E-state index contributed by atoms with van der Waals surface area (Å²) in [5, 5.41) is 7.73. The molecule has 0 spiro atoms. The van der Waals surface area contributed by atoms with Crippen molar-refractivity contribution < 1.29 is 0 Å². The summed E-state index contributed by atoms with van der Waals surface area (Å²) in [6, 6.07) is 10.6. The number of aromatic nitrogens is 4. The topological polar surface area (TPSA) is 46.8 Å². The number of hydrogen-bond donors (Lipinski definition) is 0. The van der Waals surface area contributed by atoms with Crippen LogP contribution in [0.2, 0.25) is 0 Å². The summed E-state index contributed by atoms with van der Waals surface area (Å²) >= 11 is 1.73. The van der Waals surface area contributed by atoms with Crippen LogP contribution >= 0.6 is 11.3 Å². The number of para-hydroxylation sites is 1. The Morgan fingerprint density at radius 2 is 2.13 bits per heavy atom. The third-order valence-electron chi connectivity index (χ3n) is 4.31. The molecule has 118 valence electrons. The lowest BCUT2D eigenvalue weighted by Gasteiger charge is -2.22. The molecule has 0 unspecified atom stereocenters. The van der Waals surface area contributed by atoms with Gasteiger partial charge in [-0.3, -0.25) is 4.90 Å². The fourth-order valence-corrected chi connectivity index (χ4v) is 3.88. The van der Waals surface area contributed by atoms with Gasteiger partial charge in [-0.05, 0) is 38.4 Å². The minimum atomic E-state index is 0.404. The molecule has 0 aliphatic carbocycles. The van der Waals surface area contributed by atoms with Gasteiger partial charge in [0, 0.05) is 5.38 Å². The molecule has 1 aliphatic heterocycles. The number of benzene rings is 1. The van der Waals surface area contributed by atoms with Gasteiger partial charge in [0.15, 0.2) is 0 Å². The van der Waals surface area contributed by atoms with Crippen molar-refractivity contribution in [2.24, 2.45) is 0 Å². The molecule has 1 aromatic carbocycles. The molecule has 0 amide bonds. The van der Waals surface area contributed by atoms with Gasteiger partial charge in [-0.15, -0.1) is 11.3 Å². The number of rotatable bonds is 4. The van der Waals surface area contributed by atoms with Crippen LogP contribution in [0.5, 0.6) is 0 Å². The van der Waals surface area contributed by atoms with Crippen molar-refractivity contribution in [2.45, 2.75) is 32.4 Å². The van der Waals surface area contributed by atoms with E-state index in [-0.39, 0.29) is 0 Å². The number of hydrogen-bond acceptors (Lipinski definition) is 5. The summed E-state index contributed by atoms with van der Waals surface area (Å²) in [6.45, 7) is 3.96. The maximum Gasteiger partial charge on any atom is 0.146 e. The highest BCUT2D eigenvalue weighted by molar-refractivity contribution is 7.09. The second-order valence-corrected chi connectivity index (χ2v) is 6.91. The van der Waals surface area contributed by atoms with Crippen molar-refractivity contribution in [1.29, 1.82) is 0 Å². The Morgan fingerprint density at radius 3 is 2.91 bits per heavy atom. The highest BCUT2D eigenvalue weighted by atomic mass is 32.1. The molecule has 0 N–H and O–H groups in total. The van der Waals surface area contributed by atoms with Crippen molar-refractivity contribution in [3.63, 3.8) is 0 Å². The summed E-state index contributed by atoms with van der Waals surface area (Å²) in [7, 11) is 0. The van der Waals surface area contributed by atoms with E-state index in [4.69, 9.17) is 0 Å². The summed E-state index contributed by atoms with van der Waals surface area (Å²) < 4.78 is 1.93. The lowest BCUT2D eigenvalue weighted by molar-refractivity contribution is 0.237. The van der Waals surface area contributed by atoms with Crippen molar-refractivity contribution in [1.82, 2.24) is 24.6 Å². The van der Waals surface area contributed by atoms with Crippen LogP contribution in [0.4, 0.5) is 0 Å². The highest BCUT2D eigenvalue weighted by Crippen LogP contribution is 2.33. The molecule has 0 saturated carbocycles. The predicted octanol–water partition coefficient (Wildman–Crippen LogP) is 3.37. The summed E-state index contributed by atoms with van der Waals surface area (Å²) in [4.78, 5) is 11.6. The van der Waals surface area contributed by atoms with E-state index in [0.29, 0.717) is 6.04 Å². The van der Waals surface area contributed by atoms with E-state index in [2.05, 4.69) is 44.4 Å². The summed E-state index contributed by atoms with van der Waals surface area (Å²) in [5.41, 5.74) is 2.26. The van der Waals surface area contributed by atoms with E-state index in [0.717, 1.165) is 29.6 Å². The smallest absolute Gasteiger partial charge is 0.146 e. The molecule has 23 heavy (non-hydrogen) atoms. The Balaban J connectivity index is 1.58. The normalized spacial score (nSPS) is 18.6. The lowest BCUT2D eigenvalue weighted by atomic mass is 10.1. The minimum Gasteiger partial charge on any atom is -0.287 e. The van der Waals surface area contributed by atoms with Gasteiger partial charge in [-0.2, -0.15) is 5.10 Å². The molecular formula is C17H19N5S. The Hall–Kier alpha value is -2.05. The fourth-order valence-electron chi connectivity index (χ4n) is 3.22. The molecule has 0 bridgehead atoms. The molecule has 1 saturated heterocycles. The van der Waals surface area contributed by atoms with Crippen molar-refractivity contribution in [3.8, 4) is 5.69 Å². The molecule has 1 atom stereocenters. The Kier molecular flexibility index (Phi) is 3.93. The first-order valence-electron chi connectivity index (χ1n) is 7.91. The van der Waals surface area contributed by atoms with Gasteiger partial charge < -0.3 is 0 Å². The lowest BCUT2D eigenvalue weighted by Crippen LogP contribution is -2.25. The van der Waals surface area contributed by atoms with Crippen LogP contribution in [0.25, 0.3) is 5.69 Å². The number of thiazole rings is 1. The standard InChI is InChI=1S/C17H19N5S/c1-13-20-15(11-23-13)16-8-5-9-21(16)10-17-18-12-19-22(17)14-6-3-2-4-7-14/h2-4,6-7,11-12,16H,5,8-10H2,1H3/t16-/m1/s1. The predicted molar refractivity (Wildman–Crippen MR) is 90.6 cm³/mol. The molecule has 0 radical (unpaired) electrons. The largest absolute Gasteiger partial charge is 0.287 e. The van der Waals surface area contributed by atoms with Gasteiger partial charge in [-0.25, -0.2) is 14.6 Å². The van der Waals surface area contributed by atoms with Crippen LogP contribution < -0.4 is 0 Å². The van der Waals surface area contributed by atoms with Gasteiger partial charge in [0.05, 0.1) is 29.0 Å². The molecular weight excluding hydrogens is 306 g/mol. The zero-order chi connectivity index (χ0) is 15.6. The molecule has 3 heterocycles. The number of likely N-dealkylation sites (tertiary alicyclic amines) is 1. The van der Waals surface area contributed by atoms with E-state index in [9.17, 15) is 0 Å².